The van der Waals surface area contributed by atoms with E-state index in [2.05, 4.69) is 10.2 Å². The van der Waals surface area contributed by atoms with E-state index in [0.717, 1.165) is 24.5 Å². The van der Waals surface area contributed by atoms with Gasteiger partial charge in [-0.25, -0.2) is 0 Å². The van der Waals surface area contributed by atoms with E-state index in [1.165, 1.54) is 0 Å². The average Bonchev–Trinajstić information content (AvgIpc) is 2.68. The first-order chi connectivity index (χ1) is 13.4. The van der Waals surface area contributed by atoms with Gasteiger partial charge >= 0.3 is 0 Å². The minimum absolute atomic E-state index is 0.0390. The van der Waals surface area contributed by atoms with Gasteiger partial charge in [0.2, 0.25) is 5.91 Å². The third kappa shape index (κ3) is 5.26. The van der Waals surface area contributed by atoms with Gasteiger partial charge in [-0.2, -0.15) is 0 Å². The molecule has 0 radical (unpaired) electrons. The number of hydrogen-bond acceptors (Lipinski definition) is 3. The highest BCUT2D eigenvalue weighted by molar-refractivity contribution is 6.30. The predicted molar refractivity (Wildman–Crippen MR) is 114 cm³/mol. The largest absolute Gasteiger partial charge is 0.368 e. The molecule has 1 fully saturated rings. The molecule has 0 unspecified atom stereocenters. The van der Waals surface area contributed by atoms with Crippen LogP contribution in [0, 0.1) is 5.92 Å². The number of anilines is 2. The Bertz CT molecular complexity index is 811. The van der Waals surface area contributed by atoms with E-state index in [4.69, 9.17) is 11.6 Å². The number of carbonyl (C=O) groups excluding carboxylic acids is 2. The number of benzene rings is 2. The highest BCUT2D eigenvalue weighted by Crippen LogP contribution is 2.21. The number of carbonyl (C=O) groups is 2. The molecule has 0 aromatic heterocycles. The molecule has 1 heterocycles. The highest BCUT2D eigenvalue weighted by atomic mass is 35.5. The normalized spacial score (nSPS) is 14.3. The number of nitrogens with zero attached hydrogens (tertiary/aromatic N) is 2. The van der Waals surface area contributed by atoms with Crippen LogP contribution in [0.5, 0.6) is 0 Å². The Hall–Kier alpha value is -2.53. The molecule has 1 aliphatic heterocycles. The standard InChI is InChI=1S/C22H26ClN3O2/c1-16(2)15-21(27)24-19-7-9-20(10-8-19)25-11-13-26(14-12-25)22(28)17-3-5-18(23)6-4-17/h3-10,16H,11-15H2,1-2H3,(H,24,27). The fraction of sp³-hybridized carbons (Fsp3) is 0.364. The lowest BCUT2D eigenvalue weighted by atomic mass is 10.1. The van der Waals surface area contributed by atoms with Crippen LogP contribution in [-0.2, 0) is 4.79 Å². The zero-order valence-electron chi connectivity index (χ0n) is 16.3. The second-order valence-corrected chi connectivity index (χ2v) is 7.92. The van der Waals surface area contributed by atoms with E-state index in [1.807, 2.05) is 43.0 Å². The summed E-state index contributed by atoms with van der Waals surface area (Å²) >= 11 is 5.90. The van der Waals surface area contributed by atoms with Gasteiger partial charge < -0.3 is 15.1 Å². The monoisotopic (exact) mass is 399 g/mol. The van der Waals surface area contributed by atoms with Crippen molar-refractivity contribution in [3.63, 3.8) is 0 Å². The second-order valence-electron chi connectivity index (χ2n) is 7.48. The topological polar surface area (TPSA) is 52.7 Å². The van der Waals surface area contributed by atoms with Gasteiger partial charge in [0.25, 0.3) is 5.91 Å². The second kappa shape index (κ2) is 9.11. The first kappa shape index (κ1) is 20.2. The number of rotatable bonds is 5. The summed E-state index contributed by atoms with van der Waals surface area (Å²) in [6, 6.07) is 14.9. The number of hydrogen-bond donors (Lipinski definition) is 1. The van der Waals surface area contributed by atoms with Gasteiger partial charge in [-0.3, -0.25) is 9.59 Å². The molecule has 2 aromatic carbocycles. The molecule has 6 heteroatoms. The van der Waals surface area contributed by atoms with Crippen molar-refractivity contribution in [3.05, 3.63) is 59.1 Å². The highest BCUT2D eigenvalue weighted by Gasteiger charge is 2.22. The molecule has 1 N–H and O–H groups in total. The fourth-order valence-corrected chi connectivity index (χ4v) is 3.41. The molecule has 2 amide bonds. The minimum Gasteiger partial charge on any atom is -0.368 e. The quantitative estimate of drug-likeness (QED) is 0.816. The molecule has 0 atom stereocenters. The van der Waals surface area contributed by atoms with Crippen LogP contribution in [0.1, 0.15) is 30.6 Å². The van der Waals surface area contributed by atoms with Gasteiger partial charge in [0.05, 0.1) is 0 Å². The summed E-state index contributed by atoms with van der Waals surface area (Å²) in [5.41, 5.74) is 2.57. The summed E-state index contributed by atoms with van der Waals surface area (Å²) in [6.07, 6.45) is 0.519. The predicted octanol–water partition coefficient (Wildman–Crippen LogP) is 4.29. The Morgan fingerprint density at radius 2 is 1.57 bits per heavy atom. The molecule has 1 aliphatic rings. The van der Waals surface area contributed by atoms with Crippen LogP contribution in [0.15, 0.2) is 48.5 Å². The number of amides is 2. The summed E-state index contributed by atoms with van der Waals surface area (Å²) in [4.78, 5) is 28.6. The maximum absolute atomic E-state index is 12.6. The first-order valence-corrected chi connectivity index (χ1v) is 10.00. The van der Waals surface area contributed by atoms with Crippen molar-refractivity contribution in [2.45, 2.75) is 20.3 Å². The van der Waals surface area contributed by atoms with Crippen molar-refractivity contribution < 1.29 is 9.59 Å². The van der Waals surface area contributed by atoms with E-state index < -0.39 is 0 Å². The molecule has 148 valence electrons. The van der Waals surface area contributed by atoms with Crippen molar-refractivity contribution in [2.24, 2.45) is 5.92 Å². The Morgan fingerprint density at radius 3 is 2.14 bits per heavy atom. The van der Waals surface area contributed by atoms with Crippen molar-refractivity contribution >= 4 is 34.8 Å². The lowest BCUT2D eigenvalue weighted by Crippen LogP contribution is -2.48. The van der Waals surface area contributed by atoms with E-state index in [9.17, 15) is 9.59 Å². The molecule has 0 spiro atoms. The maximum atomic E-state index is 12.6. The third-order valence-electron chi connectivity index (χ3n) is 4.77. The Labute approximate surface area is 171 Å². The van der Waals surface area contributed by atoms with Crippen LogP contribution in [0.2, 0.25) is 5.02 Å². The van der Waals surface area contributed by atoms with Crippen LogP contribution in [-0.4, -0.2) is 42.9 Å². The van der Waals surface area contributed by atoms with Gasteiger partial charge in [0.15, 0.2) is 0 Å². The van der Waals surface area contributed by atoms with Gasteiger partial charge in [-0.05, 0) is 54.4 Å². The van der Waals surface area contributed by atoms with Crippen LogP contribution in [0.4, 0.5) is 11.4 Å². The van der Waals surface area contributed by atoms with Gasteiger partial charge in [0, 0.05) is 54.6 Å². The van der Waals surface area contributed by atoms with Gasteiger partial charge in [-0.1, -0.05) is 25.4 Å². The molecule has 3 rings (SSSR count). The van der Waals surface area contributed by atoms with E-state index in [1.54, 1.807) is 24.3 Å². The lowest BCUT2D eigenvalue weighted by Gasteiger charge is -2.36. The lowest BCUT2D eigenvalue weighted by molar-refractivity contribution is -0.116. The minimum atomic E-state index is 0.0390. The molecule has 0 aliphatic carbocycles. The Balaban J connectivity index is 1.54. The summed E-state index contributed by atoms with van der Waals surface area (Å²) in [7, 11) is 0. The Kier molecular flexibility index (Phi) is 6.57. The summed E-state index contributed by atoms with van der Waals surface area (Å²) in [5.74, 6) is 0.419. The zero-order valence-corrected chi connectivity index (χ0v) is 17.1. The fourth-order valence-electron chi connectivity index (χ4n) is 3.28. The molecule has 2 aromatic rings. The smallest absolute Gasteiger partial charge is 0.253 e. The summed E-state index contributed by atoms with van der Waals surface area (Å²) < 4.78 is 0. The van der Waals surface area contributed by atoms with Crippen molar-refractivity contribution in [3.8, 4) is 0 Å². The molecule has 28 heavy (non-hydrogen) atoms. The maximum Gasteiger partial charge on any atom is 0.253 e. The SMILES string of the molecule is CC(C)CC(=O)Nc1ccc(N2CCN(C(=O)c3ccc(Cl)cc3)CC2)cc1. The third-order valence-corrected chi connectivity index (χ3v) is 5.02. The average molecular weight is 400 g/mol. The van der Waals surface area contributed by atoms with Crippen LogP contribution < -0.4 is 10.2 Å². The Morgan fingerprint density at radius 1 is 0.964 bits per heavy atom. The molecule has 5 nitrogen and oxygen atoms in total. The van der Waals surface area contributed by atoms with Crippen molar-refractivity contribution in [2.75, 3.05) is 36.4 Å². The van der Waals surface area contributed by atoms with Crippen LogP contribution >= 0.6 is 11.6 Å². The number of piperazine rings is 1. The van der Waals surface area contributed by atoms with Gasteiger partial charge in [-0.15, -0.1) is 0 Å². The molecule has 0 saturated carbocycles. The summed E-state index contributed by atoms with van der Waals surface area (Å²) in [5, 5.41) is 3.56. The molecule has 1 saturated heterocycles. The van der Waals surface area contributed by atoms with E-state index >= 15 is 0 Å². The summed E-state index contributed by atoms with van der Waals surface area (Å²) in [6.45, 7) is 6.96. The molecular weight excluding hydrogens is 374 g/mol. The van der Waals surface area contributed by atoms with E-state index in [0.29, 0.717) is 36.0 Å². The van der Waals surface area contributed by atoms with Crippen molar-refractivity contribution in [1.82, 2.24) is 4.90 Å². The first-order valence-electron chi connectivity index (χ1n) is 9.62. The van der Waals surface area contributed by atoms with Crippen molar-refractivity contribution in [1.29, 1.82) is 0 Å². The zero-order chi connectivity index (χ0) is 20.1. The van der Waals surface area contributed by atoms with E-state index in [-0.39, 0.29) is 11.8 Å². The van der Waals surface area contributed by atoms with Crippen LogP contribution in [0.3, 0.4) is 0 Å². The number of nitrogens with one attached hydrogen (secondary N) is 1. The molecular formula is C22H26ClN3O2. The van der Waals surface area contributed by atoms with Crippen LogP contribution in [0.25, 0.3) is 0 Å². The van der Waals surface area contributed by atoms with Gasteiger partial charge in [0.1, 0.15) is 0 Å². The molecule has 0 bridgehead atoms. The number of halogens is 1.